The van der Waals surface area contributed by atoms with Crippen LogP contribution in [0.15, 0.2) is 24.3 Å². The molecule has 0 aromatic heterocycles. The monoisotopic (exact) mass is 250 g/mol. The Balaban J connectivity index is 2.06. The highest BCUT2D eigenvalue weighted by Gasteiger charge is 2.27. The van der Waals surface area contributed by atoms with E-state index in [-0.39, 0.29) is 6.04 Å². The van der Waals surface area contributed by atoms with Gasteiger partial charge in [-0.3, -0.25) is 9.62 Å². The molecule has 1 aliphatic heterocycles. The van der Waals surface area contributed by atoms with Crippen molar-refractivity contribution in [2.24, 2.45) is 0 Å². The summed E-state index contributed by atoms with van der Waals surface area (Å²) in [5.41, 5.74) is 2.26. The number of hydrogen-bond acceptors (Lipinski definition) is 2. The molecule has 2 atom stereocenters. The van der Waals surface area contributed by atoms with Gasteiger partial charge in [-0.05, 0) is 18.9 Å². The summed E-state index contributed by atoms with van der Waals surface area (Å²) in [6.45, 7) is 2.92. The minimum atomic E-state index is -0.745. The minimum absolute atomic E-state index is 0.277. The maximum Gasteiger partial charge on any atom is 0.128 e. The molecule has 17 heavy (non-hydrogen) atoms. The average molecular weight is 250 g/mol. The van der Waals surface area contributed by atoms with Crippen LogP contribution in [-0.4, -0.2) is 33.0 Å². The van der Waals surface area contributed by atoms with Crippen molar-refractivity contribution >= 4 is 16.6 Å². The molecule has 0 radical (unpaired) electrons. The predicted molar refractivity (Wildman–Crippen MR) is 71.8 cm³/mol. The zero-order valence-corrected chi connectivity index (χ0v) is 11.1. The van der Waals surface area contributed by atoms with Gasteiger partial charge < -0.3 is 4.90 Å². The predicted octanol–water partition coefficient (Wildman–Crippen LogP) is 1.98. The third-order valence-corrected chi connectivity index (χ3v) is 4.07. The molecule has 1 aromatic carbocycles. The molecule has 1 aromatic rings. The Bertz CT molecular complexity index is 458. The summed E-state index contributed by atoms with van der Waals surface area (Å²) in [6.07, 6.45) is 2.61. The molecule has 0 amide bonds. The fourth-order valence-corrected chi connectivity index (χ4v) is 2.85. The van der Waals surface area contributed by atoms with Gasteiger partial charge in [0.1, 0.15) is 5.84 Å². The van der Waals surface area contributed by atoms with Gasteiger partial charge in [0.25, 0.3) is 0 Å². The van der Waals surface area contributed by atoms with Crippen LogP contribution < -0.4 is 0 Å². The molecule has 1 aliphatic rings. The van der Waals surface area contributed by atoms with Crippen LogP contribution in [0.5, 0.6) is 0 Å². The minimum Gasteiger partial charge on any atom is -0.349 e. The van der Waals surface area contributed by atoms with Crippen LogP contribution in [0.2, 0.25) is 0 Å². The zero-order chi connectivity index (χ0) is 12.4. The van der Waals surface area contributed by atoms with Crippen LogP contribution >= 0.6 is 0 Å². The summed E-state index contributed by atoms with van der Waals surface area (Å²) in [7, 11) is -0.745. The highest BCUT2D eigenvalue weighted by molar-refractivity contribution is 7.84. The summed E-state index contributed by atoms with van der Waals surface area (Å²) < 4.78 is 11.1. The third-order valence-electron chi connectivity index (χ3n) is 3.26. The lowest BCUT2D eigenvalue weighted by molar-refractivity contribution is 0.327. The molecule has 0 saturated carbocycles. The first-order chi connectivity index (χ1) is 8.09. The van der Waals surface area contributed by atoms with Crippen LogP contribution in [0.3, 0.4) is 0 Å². The number of fused-ring (bicyclic) bond motifs is 1. The lowest BCUT2D eigenvalue weighted by Gasteiger charge is -2.25. The Labute approximate surface area is 105 Å². The Hall–Kier alpha value is -1.16. The van der Waals surface area contributed by atoms with Gasteiger partial charge in [-0.25, -0.2) is 0 Å². The second kappa shape index (κ2) is 5.00. The average Bonchev–Trinajstić information content (AvgIpc) is 2.64. The quantitative estimate of drug-likeness (QED) is 0.888. The summed E-state index contributed by atoms with van der Waals surface area (Å²) in [6, 6.07) is 8.35. The fourth-order valence-electron chi connectivity index (χ4n) is 2.18. The van der Waals surface area contributed by atoms with Crippen molar-refractivity contribution in [3.8, 4) is 0 Å². The Morgan fingerprint density at radius 3 is 2.82 bits per heavy atom. The molecule has 1 heterocycles. The zero-order valence-electron chi connectivity index (χ0n) is 10.3. The Kier molecular flexibility index (Phi) is 3.62. The van der Waals surface area contributed by atoms with Gasteiger partial charge in [-0.15, -0.1) is 0 Å². The van der Waals surface area contributed by atoms with Crippen molar-refractivity contribution in [1.82, 2.24) is 4.90 Å². The van der Waals surface area contributed by atoms with Crippen molar-refractivity contribution in [3.05, 3.63) is 35.4 Å². The van der Waals surface area contributed by atoms with Gasteiger partial charge in [-0.1, -0.05) is 24.3 Å². The Morgan fingerprint density at radius 1 is 1.47 bits per heavy atom. The Morgan fingerprint density at radius 2 is 2.18 bits per heavy atom. The molecule has 0 fully saturated rings. The fraction of sp³-hybridized carbons (Fsp3) is 0.462. The molecular formula is C13H18N2OS. The van der Waals surface area contributed by atoms with E-state index in [1.807, 2.05) is 18.2 Å². The highest BCUT2D eigenvalue weighted by atomic mass is 32.2. The van der Waals surface area contributed by atoms with Gasteiger partial charge in [-0.2, -0.15) is 0 Å². The number of nitrogens with one attached hydrogen (secondary N) is 1. The third kappa shape index (κ3) is 2.57. The van der Waals surface area contributed by atoms with Crippen molar-refractivity contribution in [2.75, 3.05) is 12.0 Å². The van der Waals surface area contributed by atoms with Crippen LogP contribution in [-0.2, 0) is 17.3 Å². The molecule has 0 bridgehead atoms. The van der Waals surface area contributed by atoms with E-state index in [1.54, 1.807) is 6.26 Å². The van der Waals surface area contributed by atoms with Crippen LogP contribution in [0.25, 0.3) is 0 Å². The molecule has 2 unspecified atom stereocenters. The first-order valence-electron chi connectivity index (χ1n) is 5.83. The van der Waals surface area contributed by atoms with E-state index in [9.17, 15) is 4.21 Å². The maximum absolute atomic E-state index is 11.1. The molecule has 3 nitrogen and oxygen atoms in total. The summed E-state index contributed by atoms with van der Waals surface area (Å²) in [5.74, 6) is 1.32. The van der Waals surface area contributed by atoms with E-state index in [1.165, 1.54) is 5.56 Å². The van der Waals surface area contributed by atoms with Crippen LogP contribution in [0.1, 0.15) is 24.5 Å². The molecule has 92 valence electrons. The van der Waals surface area contributed by atoms with E-state index in [4.69, 9.17) is 5.41 Å². The SMILES string of the molecule is CC(CCS(C)=O)N1Cc2ccccc2C1=N. The van der Waals surface area contributed by atoms with E-state index < -0.39 is 10.8 Å². The lowest BCUT2D eigenvalue weighted by Crippen LogP contribution is -2.34. The number of nitrogens with zero attached hydrogens (tertiary/aromatic N) is 1. The topological polar surface area (TPSA) is 44.2 Å². The van der Waals surface area contributed by atoms with Crippen molar-refractivity contribution in [2.45, 2.75) is 25.9 Å². The van der Waals surface area contributed by atoms with Crippen molar-refractivity contribution < 1.29 is 4.21 Å². The first kappa shape index (κ1) is 12.3. The van der Waals surface area contributed by atoms with E-state index in [2.05, 4.69) is 17.9 Å². The second-order valence-corrected chi connectivity index (χ2v) is 6.10. The largest absolute Gasteiger partial charge is 0.349 e. The van der Waals surface area contributed by atoms with Gasteiger partial charge in [0, 0.05) is 41.0 Å². The van der Waals surface area contributed by atoms with E-state index in [0.29, 0.717) is 11.6 Å². The van der Waals surface area contributed by atoms with Gasteiger partial charge in [0.15, 0.2) is 0 Å². The molecular weight excluding hydrogens is 232 g/mol. The molecule has 0 spiro atoms. The number of hydrogen-bond donors (Lipinski definition) is 1. The normalized spacial score (nSPS) is 18.0. The van der Waals surface area contributed by atoms with Crippen LogP contribution in [0, 0.1) is 5.41 Å². The summed E-state index contributed by atoms with van der Waals surface area (Å²) >= 11 is 0. The van der Waals surface area contributed by atoms with E-state index >= 15 is 0 Å². The van der Waals surface area contributed by atoms with Crippen molar-refractivity contribution in [3.63, 3.8) is 0 Å². The van der Waals surface area contributed by atoms with E-state index in [0.717, 1.165) is 18.5 Å². The second-order valence-electron chi connectivity index (χ2n) is 4.55. The molecule has 0 saturated heterocycles. The van der Waals surface area contributed by atoms with Gasteiger partial charge in [0.2, 0.25) is 0 Å². The van der Waals surface area contributed by atoms with Gasteiger partial charge in [0.05, 0.1) is 0 Å². The first-order valence-corrected chi connectivity index (χ1v) is 7.56. The molecule has 0 aliphatic carbocycles. The highest BCUT2D eigenvalue weighted by Crippen LogP contribution is 2.25. The summed E-state index contributed by atoms with van der Waals surface area (Å²) in [5, 5.41) is 8.15. The number of benzene rings is 1. The molecule has 4 heteroatoms. The number of amidine groups is 1. The number of rotatable bonds is 4. The smallest absolute Gasteiger partial charge is 0.128 e. The van der Waals surface area contributed by atoms with Crippen LogP contribution in [0.4, 0.5) is 0 Å². The summed E-state index contributed by atoms with van der Waals surface area (Å²) in [4.78, 5) is 2.09. The molecule has 1 N–H and O–H groups in total. The maximum atomic E-state index is 11.1. The standard InChI is InChI=1S/C13H18N2OS/c1-10(7-8-17(2)16)15-9-11-5-3-4-6-12(11)13(15)14/h3-6,10,14H,7-9H2,1-2H3. The van der Waals surface area contributed by atoms with Gasteiger partial charge >= 0.3 is 0 Å². The van der Waals surface area contributed by atoms with Crippen molar-refractivity contribution in [1.29, 1.82) is 5.41 Å². The molecule has 2 rings (SSSR count). The lowest BCUT2D eigenvalue weighted by atomic mass is 10.1.